The zero-order valence-electron chi connectivity index (χ0n) is 19.6. The van der Waals surface area contributed by atoms with Crippen LogP contribution in [0, 0.1) is 12.8 Å². The quantitative estimate of drug-likeness (QED) is 0.561. The molecule has 1 aliphatic heterocycles. The van der Waals surface area contributed by atoms with Crippen molar-refractivity contribution in [3.63, 3.8) is 0 Å². The van der Waals surface area contributed by atoms with Crippen LogP contribution in [0.1, 0.15) is 26.0 Å². The number of carbonyl (C=O) groups is 3. The molecule has 0 unspecified atom stereocenters. The summed E-state index contributed by atoms with van der Waals surface area (Å²) in [6.45, 7) is 5.90. The van der Waals surface area contributed by atoms with Crippen LogP contribution in [0.15, 0.2) is 39.8 Å². The number of anilines is 2. The molecule has 3 amide bonds. The highest BCUT2D eigenvalue weighted by molar-refractivity contribution is 7.89. The molecule has 0 spiro atoms. The first kappa shape index (κ1) is 25.4. The molecule has 1 N–H and O–H groups in total. The van der Waals surface area contributed by atoms with E-state index >= 15 is 0 Å². The predicted octanol–water partition coefficient (Wildman–Crippen LogP) is 1.46. The fourth-order valence-corrected chi connectivity index (χ4v) is 5.30. The average Bonchev–Trinajstić information content (AvgIpc) is 3.38. The van der Waals surface area contributed by atoms with E-state index in [1.54, 1.807) is 39.0 Å². The first-order chi connectivity index (χ1) is 16.1. The van der Waals surface area contributed by atoms with Crippen molar-refractivity contribution in [2.45, 2.75) is 32.1 Å². The second-order valence-corrected chi connectivity index (χ2v) is 9.99. The Labute approximate surface area is 198 Å². The number of aryl methyl sites for hydroxylation is 1. The number of rotatable bonds is 9. The fraction of sp³-hybridized carbons (Fsp3) is 0.455. The van der Waals surface area contributed by atoms with Gasteiger partial charge >= 0.3 is 0 Å². The van der Waals surface area contributed by atoms with E-state index in [2.05, 4.69) is 10.5 Å². The maximum Gasteiger partial charge on any atom is 0.245 e. The molecule has 1 atom stereocenters. The van der Waals surface area contributed by atoms with Crippen LogP contribution in [-0.4, -0.2) is 73.7 Å². The van der Waals surface area contributed by atoms with E-state index in [-0.39, 0.29) is 42.0 Å². The van der Waals surface area contributed by atoms with Crippen molar-refractivity contribution in [1.82, 2.24) is 14.4 Å². The van der Waals surface area contributed by atoms with Crippen LogP contribution in [0.25, 0.3) is 0 Å². The van der Waals surface area contributed by atoms with Crippen LogP contribution in [0.5, 0.6) is 0 Å². The highest BCUT2D eigenvalue weighted by Gasteiger charge is 2.37. The van der Waals surface area contributed by atoms with Gasteiger partial charge in [0.1, 0.15) is 5.76 Å². The number of benzene rings is 1. The minimum Gasteiger partial charge on any atom is -0.360 e. The van der Waals surface area contributed by atoms with E-state index in [1.807, 2.05) is 0 Å². The molecule has 34 heavy (non-hydrogen) atoms. The Bertz CT molecular complexity index is 1160. The summed E-state index contributed by atoms with van der Waals surface area (Å²) in [6.07, 6.45) is 0.00672. The molecule has 1 aliphatic rings. The van der Waals surface area contributed by atoms with Gasteiger partial charge in [0.25, 0.3) is 0 Å². The van der Waals surface area contributed by atoms with Gasteiger partial charge in [-0.1, -0.05) is 19.0 Å². The number of amides is 3. The molecule has 2 heterocycles. The highest BCUT2D eigenvalue weighted by Crippen LogP contribution is 2.28. The Morgan fingerprint density at radius 2 is 1.85 bits per heavy atom. The summed E-state index contributed by atoms with van der Waals surface area (Å²) in [7, 11) is -2.11. The predicted molar refractivity (Wildman–Crippen MR) is 125 cm³/mol. The van der Waals surface area contributed by atoms with Crippen molar-refractivity contribution >= 4 is 39.3 Å². The van der Waals surface area contributed by atoms with Gasteiger partial charge in [-0.05, 0) is 31.2 Å². The SMILES string of the molecule is CCN(CC)S(=O)(=O)c1ccc(N2C[C@@H](C(=O)N(C)CC(=O)Nc3cc(C)on3)CC2=O)cc1. The maximum absolute atomic E-state index is 12.8. The van der Waals surface area contributed by atoms with Crippen LogP contribution >= 0.6 is 0 Å². The molecular weight excluding hydrogens is 462 g/mol. The van der Waals surface area contributed by atoms with Crippen molar-refractivity contribution in [2.24, 2.45) is 5.92 Å². The van der Waals surface area contributed by atoms with Gasteiger partial charge in [-0.2, -0.15) is 4.31 Å². The first-order valence-electron chi connectivity index (χ1n) is 11.0. The van der Waals surface area contributed by atoms with Gasteiger partial charge in [0.2, 0.25) is 27.7 Å². The standard InChI is InChI=1S/C22H29N5O6S/c1-5-26(6-2)34(31,32)18-9-7-17(8-10-18)27-13-16(12-21(27)29)22(30)25(4)14-20(28)23-19-11-15(3)33-24-19/h7-11,16H,5-6,12-14H2,1-4H3,(H,23,24,28)/t16-/m0/s1. The summed E-state index contributed by atoms with van der Waals surface area (Å²) in [5, 5.41) is 6.23. The Balaban J connectivity index is 1.62. The third-order valence-corrected chi connectivity index (χ3v) is 7.68. The zero-order valence-corrected chi connectivity index (χ0v) is 20.5. The third kappa shape index (κ3) is 5.45. The van der Waals surface area contributed by atoms with Crippen LogP contribution in [0.4, 0.5) is 11.5 Å². The van der Waals surface area contributed by atoms with Gasteiger partial charge in [0, 0.05) is 44.9 Å². The largest absolute Gasteiger partial charge is 0.360 e. The van der Waals surface area contributed by atoms with Crippen molar-refractivity contribution in [2.75, 3.05) is 43.4 Å². The highest BCUT2D eigenvalue weighted by atomic mass is 32.2. The van der Waals surface area contributed by atoms with E-state index in [0.29, 0.717) is 24.5 Å². The monoisotopic (exact) mass is 491 g/mol. The lowest BCUT2D eigenvalue weighted by molar-refractivity contribution is -0.137. The Kier molecular flexibility index (Phi) is 7.72. The van der Waals surface area contributed by atoms with E-state index in [1.165, 1.54) is 33.3 Å². The molecule has 3 rings (SSSR count). The van der Waals surface area contributed by atoms with Gasteiger partial charge in [-0.25, -0.2) is 8.42 Å². The van der Waals surface area contributed by atoms with Crippen LogP contribution in [-0.2, 0) is 24.4 Å². The van der Waals surface area contributed by atoms with Crippen molar-refractivity contribution in [3.8, 4) is 0 Å². The van der Waals surface area contributed by atoms with Crippen molar-refractivity contribution in [1.29, 1.82) is 0 Å². The minimum absolute atomic E-state index is 0.00672. The van der Waals surface area contributed by atoms with Crippen molar-refractivity contribution < 1.29 is 27.3 Å². The summed E-state index contributed by atoms with van der Waals surface area (Å²) in [5.74, 6) is -0.814. The van der Waals surface area contributed by atoms with E-state index < -0.39 is 21.8 Å². The molecule has 12 heteroatoms. The van der Waals surface area contributed by atoms with Crippen LogP contribution in [0.3, 0.4) is 0 Å². The molecule has 11 nitrogen and oxygen atoms in total. The Morgan fingerprint density at radius 1 is 1.21 bits per heavy atom. The molecule has 0 radical (unpaired) electrons. The van der Waals surface area contributed by atoms with Crippen LogP contribution < -0.4 is 10.2 Å². The molecule has 0 bridgehead atoms. The fourth-order valence-electron chi connectivity index (χ4n) is 3.85. The average molecular weight is 492 g/mol. The summed E-state index contributed by atoms with van der Waals surface area (Å²) in [4.78, 5) is 40.5. The number of hydrogen-bond donors (Lipinski definition) is 1. The lowest BCUT2D eigenvalue weighted by Gasteiger charge is -2.21. The molecule has 0 aliphatic carbocycles. The molecule has 1 aromatic carbocycles. The lowest BCUT2D eigenvalue weighted by atomic mass is 10.1. The molecular formula is C22H29N5O6S. The number of nitrogens with one attached hydrogen (secondary N) is 1. The third-order valence-electron chi connectivity index (χ3n) is 5.62. The minimum atomic E-state index is -3.60. The number of likely N-dealkylation sites (N-methyl/N-ethyl adjacent to an activating group) is 1. The number of hydrogen-bond acceptors (Lipinski definition) is 7. The zero-order chi connectivity index (χ0) is 25.0. The molecule has 2 aromatic rings. The normalized spacial score (nSPS) is 16.2. The van der Waals surface area contributed by atoms with Gasteiger partial charge in [-0.3, -0.25) is 14.4 Å². The first-order valence-corrected chi connectivity index (χ1v) is 12.4. The summed E-state index contributed by atoms with van der Waals surface area (Å²) in [6, 6.07) is 7.63. The lowest BCUT2D eigenvalue weighted by Crippen LogP contribution is -2.39. The number of sulfonamides is 1. The van der Waals surface area contributed by atoms with E-state index in [9.17, 15) is 22.8 Å². The van der Waals surface area contributed by atoms with Gasteiger partial charge in [0.05, 0.1) is 17.4 Å². The van der Waals surface area contributed by atoms with Gasteiger partial charge in [0.15, 0.2) is 5.82 Å². The Hall–Kier alpha value is -3.25. The molecule has 1 aromatic heterocycles. The summed E-state index contributed by atoms with van der Waals surface area (Å²) < 4.78 is 31.6. The van der Waals surface area contributed by atoms with E-state index in [4.69, 9.17) is 4.52 Å². The molecule has 184 valence electrons. The van der Waals surface area contributed by atoms with Gasteiger partial charge in [-0.15, -0.1) is 0 Å². The summed E-state index contributed by atoms with van der Waals surface area (Å²) in [5.41, 5.74) is 0.514. The van der Waals surface area contributed by atoms with Crippen molar-refractivity contribution in [3.05, 3.63) is 36.1 Å². The second kappa shape index (κ2) is 10.3. The van der Waals surface area contributed by atoms with Crippen LogP contribution in [0.2, 0.25) is 0 Å². The number of carbonyl (C=O) groups excluding carboxylic acids is 3. The number of nitrogens with zero attached hydrogens (tertiary/aromatic N) is 4. The Morgan fingerprint density at radius 3 is 2.41 bits per heavy atom. The maximum atomic E-state index is 12.8. The number of aromatic nitrogens is 1. The molecule has 1 saturated heterocycles. The molecule has 0 saturated carbocycles. The second-order valence-electron chi connectivity index (χ2n) is 8.05. The smallest absolute Gasteiger partial charge is 0.245 e. The van der Waals surface area contributed by atoms with Gasteiger partial charge < -0.3 is 19.6 Å². The topological polar surface area (TPSA) is 133 Å². The van der Waals surface area contributed by atoms with E-state index in [0.717, 1.165) is 0 Å². The molecule has 1 fully saturated rings. The summed E-state index contributed by atoms with van der Waals surface area (Å²) >= 11 is 0.